The highest BCUT2D eigenvalue weighted by Crippen LogP contribution is 2.25. The molecule has 1 aliphatic heterocycles. The molecular weight excluding hydrogens is 100 g/mol. The lowest BCUT2D eigenvalue weighted by Crippen LogP contribution is -1.87. The zero-order valence-electron chi connectivity index (χ0n) is 4.59. The standard InChI is InChI=1S/C6H7N2/c1-2-5-4-7-8-6(5)3-1/h4H,1-3H2. The van der Waals surface area contributed by atoms with Crippen molar-refractivity contribution < 1.29 is 0 Å². The monoisotopic (exact) mass is 107 g/mol. The van der Waals surface area contributed by atoms with Crippen molar-refractivity contribution in [2.24, 2.45) is 5.10 Å². The van der Waals surface area contributed by atoms with Crippen LogP contribution in [0.5, 0.6) is 0 Å². The molecule has 0 saturated heterocycles. The van der Waals surface area contributed by atoms with Crippen molar-refractivity contribution in [1.29, 1.82) is 0 Å². The molecule has 0 saturated carbocycles. The van der Waals surface area contributed by atoms with Gasteiger partial charge >= 0.3 is 0 Å². The smallest absolute Gasteiger partial charge is 0.0678 e. The Morgan fingerprint density at radius 2 is 2.38 bits per heavy atom. The third-order valence-electron chi connectivity index (χ3n) is 1.62. The molecule has 0 aromatic rings. The van der Waals surface area contributed by atoms with Crippen LogP contribution < -0.4 is 5.43 Å². The van der Waals surface area contributed by atoms with Gasteiger partial charge < -0.3 is 0 Å². The van der Waals surface area contributed by atoms with Crippen LogP contribution in [0.3, 0.4) is 0 Å². The number of hydrogen-bond donors (Lipinski definition) is 0. The second-order valence-electron chi connectivity index (χ2n) is 2.17. The summed E-state index contributed by atoms with van der Waals surface area (Å²) in [6.45, 7) is 0. The van der Waals surface area contributed by atoms with Gasteiger partial charge in [0.25, 0.3) is 0 Å². The fourth-order valence-corrected chi connectivity index (χ4v) is 1.17. The van der Waals surface area contributed by atoms with Gasteiger partial charge in [-0.05, 0) is 24.8 Å². The van der Waals surface area contributed by atoms with Gasteiger partial charge in [0.05, 0.1) is 11.9 Å². The summed E-state index contributed by atoms with van der Waals surface area (Å²) >= 11 is 0. The molecule has 0 aromatic carbocycles. The van der Waals surface area contributed by atoms with Gasteiger partial charge in [0, 0.05) is 0 Å². The molecule has 0 unspecified atom stereocenters. The van der Waals surface area contributed by atoms with Crippen LogP contribution in [0.4, 0.5) is 0 Å². The number of rotatable bonds is 0. The van der Waals surface area contributed by atoms with Gasteiger partial charge in [-0.25, -0.2) is 0 Å². The summed E-state index contributed by atoms with van der Waals surface area (Å²) in [6, 6.07) is 0. The third kappa shape index (κ3) is 0.399. The number of hydrogen-bond acceptors (Lipinski definition) is 1. The van der Waals surface area contributed by atoms with Crippen LogP contribution in [-0.4, -0.2) is 6.21 Å². The summed E-state index contributed by atoms with van der Waals surface area (Å²) in [5.74, 6) is 0. The molecule has 0 spiro atoms. The Labute approximate surface area is 48.3 Å². The van der Waals surface area contributed by atoms with E-state index in [9.17, 15) is 0 Å². The van der Waals surface area contributed by atoms with E-state index >= 15 is 0 Å². The molecule has 1 aliphatic carbocycles. The maximum atomic E-state index is 3.95. The molecule has 0 atom stereocenters. The van der Waals surface area contributed by atoms with E-state index in [1.807, 2.05) is 6.21 Å². The van der Waals surface area contributed by atoms with Gasteiger partial charge in [-0.3, -0.25) is 0 Å². The van der Waals surface area contributed by atoms with Crippen molar-refractivity contribution in [3.8, 4) is 0 Å². The molecule has 41 valence electrons. The summed E-state index contributed by atoms with van der Waals surface area (Å²) in [6.07, 6.45) is 5.50. The van der Waals surface area contributed by atoms with Gasteiger partial charge in [-0.2, -0.15) is 10.5 Å². The topological polar surface area (TPSA) is 26.5 Å². The summed E-state index contributed by atoms with van der Waals surface area (Å²) < 4.78 is 0. The molecule has 2 aliphatic rings. The molecule has 0 bridgehead atoms. The van der Waals surface area contributed by atoms with Gasteiger partial charge in [-0.1, -0.05) is 0 Å². The van der Waals surface area contributed by atoms with E-state index in [0.717, 1.165) is 6.42 Å². The molecule has 2 nitrogen and oxygen atoms in total. The fourth-order valence-electron chi connectivity index (χ4n) is 1.17. The molecule has 0 fully saturated rings. The largest absolute Gasteiger partial charge is 0.159 e. The molecular formula is C6H7N2. The van der Waals surface area contributed by atoms with Gasteiger partial charge in [0.2, 0.25) is 0 Å². The predicted molar refractivity (Wildman–Crippen MR) is 31.5 cm³/mol. The summed E-state index contributed by atoms with van der Waals surface area (Å²) in [5.41, 5.74) is 6.54. The van der Waals surface area contributed by atoms with Crippen LogP contribution in [0.15, 0.2) is 16.4 Å². The van der Waals surface area contributed by atoms with E-state index in [4.69, 9.17) is 0 Å². The highest BCUT2D eigenvalue weighted by atomic mass is 15.3. The van der Waals surface area contributed by atoms with E-state index < -0.39 is 0 Å². The SMILES string of the molecule is C1=N[N]C2=C1CCC2. The first-order valence-electron chi connectivity index (χ1n) is 2.93. The van der Waals surface area contributed by atoms with Crippen LogP contribution in [0.1, 0.15) is 19.3 Å². The molecule has 0 N–H and O–H groups in total. The molecule has 2 rings (SSSR count). The third-order valence-corrected chi connectivity index (χ3v) is 1.62. The van der Waals surface area contributed by atoms with Crippen molar-refractivity contribution in [2.45, 2.75) is 19.3 Å². The molecule has 1 heterocycles. The Morgan fingerprint density at radius 3 is 3.25 bits per heavy atom. The molecule has 0 aromatic heterocycles. The Kier molecular flexibility index (Phi) is 0.692. The Hall–Kier alpha value is -0.790. The van der Waals surface area contributed by atoms with E-state index in [0.29, 0.717) is 0 Å². The average molecular weight is 107 g/mol. The zero-order valence-corrected chi connectivity index (χ0v) is 4.59. The predicted octanol–water partition coefficient (Wildman–Crippen LogP) is 1.03. The maximum absolute atomic E-state index is 3.95. The lowest BCUT2D eigenvalue weighted by atomic mass is 10.2. The van der Waals surface area contributed by atoms with E-state index in [-0.39, 0.29) is 0 Å². The van der Waals surface area contributed by atoms with Gasteiger partial charge in [0.1, 0.15) is 0 Å². The van der Waals surface area contributed by atoms with Crippen LogP contribution in [-0.2, 0) is 0 Å². The van der Waals surface area contributed by atoms with Crippen molar-refractivity contribution >= 4 is 6.21 Å². The minimum absolute atomic E-state index is 1.15. The minimum Gasteiger partial charge on any atom is -0.159 e. The molecule has 8 heavy (non-hydrogen) atoms. The number of allylic oxidation sites excluding steroid dienone is 2. The van der Waals surface area contributed by atoms with Crippen molar-refractivity contribution in [2.75, 3.05) is 0 Å². The summed E-state index contributed by atoms with van der Waals surface area (Å²) in [4.78, 5) is 0. The van der Waals surface area contributed by atoms with Crippen LogP contribution in [0, 0.1) is 0 Å². The summed E-state index contributed by atoms with van der Waals surface area (Å²) in [7, 11) is 0. The average Bonchev–Trinajstić information content (AvgIpc) is 2.15. The lowest BCUT2D eigenvalue weighted by Gasteiger charge is -1.86. The second kappa shape index (κ2) is 1.34. The molecule has 0 amide bonds. The normalized spacial score (nSPS) is 24.0. The minimum atomic E-state index is 1.15. The Bertz CT molecular complexity index is 167. The quantitative estimate of drug-likeness (QED) is 0.442. The molecule has 1 radical (unpaired) electrons. The highest BCUT2D eigenvalue weighted by molar-refractivity contribution is 5.82. The Balaban J connectivity index is 2.33. The van der Waals surface area contributed by atoms with Gasteiger partial charge in [0.15, 0.2) is 0 Å². The van der Waals surface area contributed by atoms with E-state index in [2.05, 4.69) is 10.5 Å². The van der Waals surface area contributed by atoms with Crippen LogP contribution in [0.25, 0.3) is 0 Å². The zero-order chi connectivity index (χ0) is 5.40. The van der Waals surface area contributed by atoms with Crippen molar-refractivity contribution in [3.05, 3.63) is 11.3 Å². The number of nitrogens with zero attached hydrogens (tertiary/aromatic N) is 2. The first-order chi connectivity index (χ1) is 3.97. The van der Waals surface area contributed by atoms with Crippen molar-refractivity contribution in [1.82, 2.24) is 5.43 Å². The highest BCUT2D eigenvalue weighted by Gasteiger charge is 2.16. The van der Waals surface area contributed by atoms with Crippen LogP contribution in [0.2, 0.25) is 0 Å². The lowest BCUT2D eigenvalue weighted by molar-refractivity contribution is 0.797. The van der Waals surface area contributed by atoms with E-state index in [1.54, 1.807) is 0 Å². The van der Waals surface area contributed by atoms with Crippen LogP contribution >= 0.6 is 0 Å². The first-order valence-corrected chi connectivity index (χ1v) is 2.93. The first kappa shape index (κ1) is 4.13. The Morgan fingerprint density at radius 1 is 1.38 bits per heavy atom. The fraction of sp³-hybridized carbons (Fsp3) is 0.500. The summed E-state index contributed by atoms with van der Waals surface area (Å²) in [5, 5.41) is 3.79. The maximum Gasteiger partial charge on any atom is 0.0678 e. The van der Waals surface area contributed by atoms with Gasteiger partial charge in [-0.15, -0.1) is 0 Å². The van der Waals surface area contributed by atoms with E-state index in [1.165, 1.54) is 24.1 Å². The molecule has 2 heteroatoms. The second-order valence-corrected chi connectivity index (χ2v) is 2.17. The van der Waals surface area contributed by atoms with Crippen molar-refractivity contribution in [3.63, 3.8) is 0 Å².